The molecule has 0 atom stereocenters. The summed E-state index contributed by atoms with van der Waals surface area (Å²) in [6.45, 7) is 0. The molecule has 0 saturated heterocycles. The highest BCUT2D eigenvalue weighted by molar-refractivity contribution is 5.63. The maximum atomic E-state index is 4.43. The Bertz CT molecular complexity index is 613. The summed E-state index contributed by atoms with van der Waals surface area (Å²) in [5, 5.41) is 0. The highest BCUT2D eigenvalue weighted by Gasteiger charge is 2.02. The Hall–Kier alpha value is -2.62. The monoisotopic (exact) mass is 294 g/mol. The summed E-state index contributed by atoms with van der Waals surface area (Å²) < 4.78 is 0. The van der Waals surface area contributed by atoms with Crippen molar-refractivity contribution in [2.75, 3.05) is 28.2 Å². The second-order valence-electron chi connectivity index (χ2n) is 5.51. The molecule has 0 unspecified atom stereocenters. The van der Waals surface area contributed by atoms with E-state index in [9.17, 15) is 0 Å². The molecule has 4 nitrogen and oxygen atoms in total. The number of rotatable bonds is 5. The zero-order valence-corrected chi connectivity index (χ0v) is 13.6. The molecule has 0 aliphatic rings. The molecule has 0 bridgehead atoms. The van der Waals surface area contributed by atoms with E-state index in [0.29, 0.717) is 0 Å². The van der Waals surface area contributed by atoms with E-state index >= 15 is 0 Å². The Balaban J connectivity index is 2.28. The lowest BCUT2D eigenvalue weighted by molar-refractivity contribution is 0.567. The minimum atomic E-state index is 0.876. The fourth-order valence-corrected chi connectivity index (χ4v) is 1.85. The normalized spacial score (nSPS) is 11.3. The molecule has 0 amide bonds. The van der Waals surface area contributed by atoms with Gasteiger partial charge in [-0.25, -0.2) is 0 Å². The smallest absolute Gasteiger partial charge is 0.0892 e. The highest BCUT2D eigenvalue weighted by Crippen LogP contribution is 2.18. The predicted octanol–water partition coefficient (Wildman–Crippen LogP) is 3.21. The van der Waals surface area contributed by atoms with Gasteiger partial charge in [-0.2, -0.15) is 0 Å². The first-order valence-electron chi connectivity index (χ1n) is 7.16. The van der Waals surface area contributed by atoms with Crippen LogP contribution in [0.1, 0.15) is 11.1 Å². The molecule has 0 saturated carbocycles. The average molecular weight is 294 g/mol. The molecular weight excluding hydrogens is 272 g/mol. The number of hydrogen-bond acceptors (Lipinski definition) is 4. The molecule has 22 heavy (non-hydrogen) atoms. The van der Waals surface area contributed by atoms with E-state index in [2.05, 4.69) is 22.1 Å². The Morgan fingerprint density at radius 3 is 1.50 bits per heavy atom. The Kier molecular flexibility index (Phi) is 5.31. The van der Waals surface area contributed by atoms with Gasteiger partial charge in [-0.05, 0) is 59.9 Å². The lowest BCUT2D eigenvalue weighted by atomic mass is 10.1. The van der Waals surface area contributed by atoms with Crippen LogP contribution in [0.5, 0.6) is 0 Å². The Morgan fingerprint density at radius 2 is 1.14 bits per heavy atom. The molecule has 0 N–H and O–H groups in total. The third kappa shape index (κ3) is 4.74. The molecular formula is C18H22N4. The third-order valence-electron chi connectivity index (χ3n) is 2.96. The molecule has 2 rings (SSSR count). The molecule has 0 aromatic carbocycles. The van der Waals surface area contributed by atoms with Crippen molar-refractivity contribution in [3.05, 3.63) is 60.2 Å². The largest absolute Gasteiger partial charge is 0.383 e. The van der Waals surface area contributed by atoms with E-state index in [4.69, 9.17) is 0 Å². The van der Waals surface area contributed by atoms with Crippen molar-refractivity contribution in [3.8, 4) is 11.4 Å². The second kappa shape index (κ2) is 7.41. The summed E-state index contributed by atoms with van der Waals surface area (Å²) in [6.07, 6.45) is 11.8. The van der Waals surface area contributed by atoms with Crippen LogP contribution in [0.4, 0.5) is 0 Å². The lowest BCUT2D eigenvalue weighted by Gasteiger charge is -2.06. The van der Waals surface area contributed by atoms with Gasteiger partial charge < -0.3 is 9.80 Å². The SMILES string of the molecule is CN(C)/C=C/c1ccnc(-c2cc(/C=C/N(C)C)ccn2)c1. The topological polar surface area (TPSA) is 32.3 Å². The van der Waals surface area contributed by atoms with Crippen LogP contribution in [0.15, 0.2) is 49.1 Å². The first kappa shape index (κ1) is 15.8. The summed E-state index contributed by atoms with van der Waals surface area (Å²) in [5.74, 6) is 0. The van der Waals surface area contributed by atoms with Crippen LogP contribution in [-0.4, -0.2) is 48.0 Å². The minimum Gasteiger partial charge on any atom is -0.383 e. The summed E-state index contributed by atoms with van der Waals surface area (Å²) in [7, 11) is 8.00. The summed E-state index contributed by atoms with van der Waals surface area (Å²) >= 11 is 0. The van der Waals surface area contributed by atoms with Crippen molar-refractivity contribution in [1.82, 2.24) is 19.8 Å². The first-order chi connectivity index (χ1) is 10.5. The van der Waals surface area contributed by atoms with Crippen molar-refractivity contribution in [1.29, 1.82) is 0 Å². The Labute approximate surface area is 132 Å². The van der Waals surface area contributed by atoms with Gasteiger partial charge in [-0.1, -0.05) is 0 Å². The molecule has 0 aliphatic heterocycles. The van der Waals surface area contributed by atoms with E-state index in [1.165, 1.54) is 0 Å². The van der Waals surface area contributed by atoms with E-state index in [1.807, 2.05) is 87.0 Å². The van der Waals surface area contributed by atoms with Crippen molar-refractivity contribution in [2.24, 2.45) is 0 Å². The average Bonchev–Trinajstić information content (AvgIpc) is 2.51. The highest BCUT2D eigenvalue weighted by atomic mass is 15.0. The van der Waals surface area contributed by atoms with Crippen LogP contribution in [0.3, 0.4) is 0 Å². The van der Waals surface area contributed by atoms with E-state index in [0.717, 1.165) is 22.5 Å². The molecule has 0 aliphatic carbocycles. The zero-order chi connectivity index (χ0) is 15.9. The molecule has 4 heteroatoms. The van der Waals surface area contributed by atoms with Crippen molar-refractivity contribution in [2.45, 2.75) is 0 Å². The van der Waals surface area contributed by atoms with Gasteiger partial charge in [0.25, 0.3) is 0 Å². The number of hydrogen-bond donors (Lipinski definition) is 0. The third-order valence-corrected chi connectivity index (χ3v) is 2.96. The molecule has 2 heterocycles. The van der Waals surface area contributed by atoms with Crippen LogP contribution in [0, 0.1) is 0 Å². The van der Waals surface area contributed by atoms with Crippen LogP contribution in [0.2, 0.25) is 0 Å². The fourth-order valence-electron chi connectivity index (χ4n) is 1.85. The zero-order valence-electron chi connectivity index (χ0n) is 13.6. The van der Waals surface area contributed by atoms with Gasteiger partial charge in [0, 0.05) is 40.6 Å². The van der Waals surface area contributed by atoms with Crippen LogP contribution < -0.4 is 0 Å². The quantitative estimate of drug-likeness (QED) is 0.847. The van der Waals surface area contributed by atoms with Gasteiger partial charge in [-0.3, -0.25) is 9.97 Å². The van der Waals surface area contributed by atoms with Gasteiger partial charge in [0.15, 0.2) is 0 Å². The predicted molar refractivity (Wildman–Crippen MR) is 92.9 cm³/mol. The lowest BCUT2D eigenvalue weighted by Crippen LogP contribution is -2.00. The maximum Gasteiger partial charge on any atom is 0.0892 e. The summed E-state index contributed by atoms with van der Waals surface area (Å²) in [6, 6.07) is 8.06. The van der Waals surface area contributed by atoms with Crippen LogP contribution in [0.25, 0.3) is 23.5 Å². The van der Waals surface area contributed by atoms with Gasteiger partial charge in [0.05, 0.1) is 11.4 Å². The van der Waals surface area contributed by atoms with E-state index in [1.54, 1.807) is 0 Å². The molecule has 2 aromatic rings. The number of pyridine rings is 2. The molecule has 0 radical (unpaired) electrons. The maximum absolute atomic E-state index is 4.43. The van der Waals surface area contributed by atoms with Crippen LogP contribution >= 0.6 is 0 Å². The molecule has 114 valence electrons. The van der Waals surface area contributed by atoms with Gasteiger partial charge in [-0.15, -0.1) is 0 Å². The van der Waals surface area contributed by atoms with Gasteiger partial charge in [0.2, 0.25) is 0 Å². The molecule has 2 aromatic heterocycles. The fraction of sp³-hybridized carbons (Fsp3) is 0.222. The van der Waals surface area contributed by atoms with Gasteiger partial charge >= 0.3 is 0 Å². The molecule has 0 fully saturated rings. The van der Waals surface area contributed by atoms with Crippen molar-refractivity contribution < 1.29 is 0 Å². The van der Waals surface area contributed by atoms with Crippen molar-refractivity contribution in [3.63, 3.8) is 0 Å². The second-order valence-corrected chi connectivity index (χ2v) is 5.51. The van der Waals surface area contributed by atoms with E-state index in [-0.39, 0.29) is 0 Å². The van der Waals surface area contributed by atoms with Crippen LogP contribution in [-0.2, 0) is 0 Å². The number of aromatic nitrogens is 2. The number of nitrogens with zero attached hydrogens (tertiary/aromatic N) is 4. The Morgan fingerprint density at radius 1 is 0.727 bits per heavy atom. The first-order valence-corrected chi connectivity index (χ1v) is 7.16. The standard InChI is InChI=1S/C18H22N4/c1-21(2)11-7-15-5-9-19-17(13-15)18-14-16(6-10-20-18)8-12-22(3)4/h5-14H,1-4H3/b11-7+,12-8+. The summed E-state index contributed by atoms with van der Waals surface area (Å²) in [4.78, 5) is 12.9. The minimum absolute atomic E-state index is 0.876. The van der Waals surface area contributed by atoms with E-state index < -0.39 is 0 Å². The summed E-state index contributed by atoms with van der Waals surface area (Å²) in [5.41, 5.74) is 3.96. The van der Waals surface area contributed by atoms with Crippen molar-refractivity contribution >= 4 is 12.2 Å². The molecule has 0 spiro atoms. The van der Waals surface area contributed by atoms with Gasteiger partial charge in [0.1, 0.15) is 0 Å².